The summed E-state index contributed by atoms with van der Waals surface area (Å²) in [7, 11) is 0. The summed E-state index contributed by atoms with van der Waals surface area (Å²) in [5, 5.41) is 3.09. The van der Waals surface area contributed by atoms with Crippen LogP contribution < -0.4 is 5.32 Å². The second kappa shape index (κ2) is 8.05. The standard InChI is InChI=1S/C22H28FNO3S/c1-14(22-9-15-6-16(10-22)8-17(7-15)11-22)24-20(25)12-27-21(26)13-28-19-5-3-2-4-18(19)23/h2-5,14-17H,6-13H2,1H3,(H,24,25)/t14-,15?,16?,17?,22?/m1/s1. The minimum absolute atomic E-state index is 0.0151. The van der Waals surface area contributed by atoms with Crippen molar-refractivity contribution in [2.45, 2.75) is 56.4 Å². The minimum Gasteiger partial charge on any atom is -0.455 e. The zero-order valence-electron chi connectivity index (χ0n) is 16.3. The van der Waals surface area contributed by atoms with E-state index in [2.05, 4.69) is 12.2 Å². The van der Waals surface area contributed by atoms with Gasteiger partial charge in [0.1, 0.15) is 5.82 Å². The predicted octanol–water partition coefficient (Wildman–Crippen LogP) is 4.18. The third-order valence-electron chi connectivity index (χ3n) is 6.93. The van der Waals surface area contributed by atoms with Crippen LogP contribution in [0.4, 0.5) is 4.39 Å². The zero-order valence-corrected chi connectivity index (χ0v) is 17.1. The number of thioether (sulfide) groups is 1. The molecule has 6 heteroatoms. The van der Waals surface area contributed by atoms with Crippen LogP contribution in [-0.2, 0) is 14.3 Å². The number of carbonyl (C=O) groups is 2. The van der Waals surface area contributed by atoms with Crippen molar-refractivity contribution in [1.82, 2.24) is 5.32 Å². The molecule has 1 aromatic rings. The highest BCUT2D eigenvalue weighted by atomic mass is 32.2. The fourth-order valence-corrected chi connectivity index (χ4v) is 6.77. The van der Waals surface area contributed by atoms with Crippen LogP contribution in [0.2, 0.25) is 0 Å². The summed E-state index contributed by atoms with van der Waals surface area (Å²) in [6.07, 6.45) is 7.78. The molecule has 1 aromatic carbocycles. The van der Waals surface area contributed by atoms with Crippen molar-refractivity contribution in [3.63, 3.8) is 0 Å². The van der Waals surface area contributed by atoms with Crippen LogP contribution in [0.1, 0.15) is 45.4 Å². The second-order valence-corrected chi connectivity index (χ2v) is 9.97. The minimum atomic E-state index is -0.508. The highest BCUT2D eigenvalue weighted by molar-refractivity contribution is 8.00. The lowest BCUT2D eigenvalue weighted by Crippen LogP contribution is -2.56. The highest BCUT2D eigenvalue weighted by Crippen LogP contribution is 2.61. The van der Waals surface area contributed by atoms with Crippen molar-refractivity contribution >= 4 is 23.6 Å². The number of ether oxygens (including phenoxy) is 1. The molecule has 4 aliphatic carbocycles. The van der Waals surface area contributed by atoms with Crippen LogP contribution in [0.5, 0.6) is 0 Å². The molecule has 4 bridgehead atoms. The van der Waals surface area contributed by atoms with Crippen LogP contribution in [0.25, 0.3) is 0 Å². The Hall–Kier alpha value is -1.56. The first kappa shape index (κ1) is 19.7. The van der Waals surface area contributed by atoms with E-state index >= 15 is 0 Å². The van der Waals surface area contributed by atoms with Crippen LogP contribution >= 0.6 is 11.8 Å². The molecule has 28 heavy (non-hydrogen) atoms. The largest absolute Gasteiger partial charge is 0.455 e. The molecule has 0 spiro atoms. The van der Waals surface area contributed by atoms with Crippen LogP contribution in [0.3, 0.4) is 0 Å². The van der Waals surface area contributed by atoms with Gasteiger partial charge in [-0.3, -0.25) is 9.59 Å². The number of carbonyl (C=O) groups excluding carboxylic acids is 2. The first-order chi connectivity index (χ1) is 13.4. The lowest BCUT2D eigenvalue weighted by Gasteiger charge is -2.59. The average Bonchev–Trinajstić information content (AvgIpc) is 2.64. The van der Waals surface area contributed by atoms with E-state index in [9.17, 15) is 14.0 Å². The van der Waals surface area contributed by atoms with E-state index in [1.807, 2.05) is 0 Å². The topological polar surface area (TPSA) is 55.4 Å². The average molecular weight is 406 g/mol. The summed E-state index contributed by atoms with van der Waals surface area (Å²) in [5.74, 6) is 1.37. The molecule has 4 saturated carbocycles. The maximum Gasteiger partial charge on any atom is 0.316 e. The van der Waals surface area contributed by atoms with Gasteiger partial charge in [0.2, 0.25) is 0 Å². The van der Waals surface area contributed by atoms with Gasteiger partial charge in [-0.2, -0.15) is 0 Å². The Morgan fingerprint density at radius 1 is 1.18 bits per heavy atom. The van der Waals surface area contributed by atoms with Gasteiger partial charge in [0.05, 0.1) is 5.75 Å². The van der Waals surface area contributed by atoms with E-state index < -0.39 is 5.97 Å². The number of hydrogen-bond acceptors (Lipinski definition) is 4. The van der Waals surface area contributed by atoms with Crippen molar-refractivity contribution in [2.75, 3.05) is 12.4 Å². The number of halogens is 1. The lowest BCUT2D eigenvalue weighted by atomic mass is 9.48. The molecule has 1 amide bonds. The van der Waals surface area contributed by atoms with Crippen LogP contribution in [0.15, 0.2) is 29.2 Å². The summed E-state index contributed by atoms with van der Waals surface area (Å²) in [6.45, 7) is 1.84. The first-order valence-corrected chi connectivity index (χ1v) is 11.2. The molecule has 4 nitrogen and oxygen atoms in total. The van der Waals surface area contributed by atoms with E-state index in [1.165, 1.54) is 44.6 Å². The Bertz CT molecular complexity index is 718. The molecular formula is C22H28FNO3S. The van der Waals surface area contributed by atoms with Crippen molar-refractivity contribution in [3.05, 3.63) is 30.1 Å². The molecule has 152 valence electrons. The summed E-state index contributed by atoms with van der Waals surface area (Å²) >= 11 is 1.08. The predicted molar refractivity (Wildman–Crippen MR) is 106 cm³/mol. The van der Waals surface area contributed by atoms with Crippen molar-refractivity contribution in [1.29, 1.82) is 0 Å². The van der Waals surface area contributed by atoms with Gasteiger partial charge in [-0.15, -0.1) is 11.8 Å². The number of amides is 1. The number of benzene rings is 1. The van der Waals surface area contributed by atoms with E-state index in [1.54, 1.807) is 18.2 Å². The Kier molecular flexibility index (Phi) is 5.68. The molecule has 1 N–H and O–H groups in total. The molecule has 4 fully saturated rings. The molecule has 0 aliphatic heterocycles. The number of rotatable bonds is 7. The molecule has 0 saturated heterocycles. The van der Waals surface area contributed by atoms with Gasteiger partial charge in [0.15, 0.2) is 6.61 Å². The molecule has 0 aromatic heterocycles. The van der Waals surface area contributed by atoms with E-state index in [0.29, 0.717) is 4.90 Å². The number of hydrogen-bond donors (Lipinski definition) is 1. The van der Waals surface area contributed by atoms with E-state index in [4.69, 9.17) is 4.74 Å². The second-order valence-electron chi connectivity index (χ2n) is 8.95. The lowest BCUT2D eigenvalue weighted by molar-refractivity contribution is -0.147. The fourth-order valence-electron chi connectivity index (χ4n) is 6.03. The summed E-state index contributed by atoms with van der Waals surface area (Å²) < 4.78 is 18.7. The number of esters is 1. The highest BCUT2D eigenvalue weighted by Gasteiger charge is 2.53. The Balaban J connectivity index is 1.22. The molecule has 0 unspecified atom stereocenters. The Labute approximate surface area is 170 Å². The molecule has 1 atom stereocenters. The summed E-state index contributed by atoms with van der Waals surface area (Å²) in [4.78, 5) is 24.6. The van der Waals surface area contributed by atoms with Crippen LogP contribution in [-0.4, -0.2) is 30.3 Å². The smallest absolute Gasteiger partial charge is 0.316 e. The van der Waals surface area contributed by atoms with Crippen LogP contribution in [0, 0.1) is 29.0 Å². The summed E-state index contributed by atoms with van der Waals surface area (Å²) in [5.41, 5.74) is 0.231. The normalized spacial score (nSPS) is 31.4. The third-order valence-corrected chi connectivity index (χ3v) is 7.95. The van der Waals surface area contributed by atoms with Gasteiger partial charge in [-0.25, -0.2) is 4.39 Å². The summed E-state index contributed by atoms with van der Waals surface area (Å²) in [6, 6.07) is 6.41. The first-order valence-electron chi connectivity index (χ1n) is 10.3. The van der Waals surface area contributed by atoms with E-state index in [-0.39, 0.29) is 35.5 Å². The molecule has 0 heterocycles. The molecular weight excluding hydrogens is 377 g/mol. The molecule has 0 radical (unpaired) electrons. The van der Waals surface area contributed by atoms with Gasteiger partial charge in [0, 0.05) is 10.9 Å². The van der Waals surface area contributed by atoms with Crippen molar-refractivity contribution in [2.24, 2.45) is 23.2 Å². The Morgan fingerprint density at radius 2 is 1.79 bits per heavy atom. The molecule has 4 aliphatic rings. The SMILES string of the molecule is C[C@@H](NC(=O)COC(=O)CSc1ccccc1F)C12CC3CC(CC(C3)C1)C2. The molecule has 5 rings (SSSR count). The Morgan fingerprint density at radius 3 is 2.39 bits per heavy atom. The maximum atomic E-state index is 13.6. The maximum absolute atomic E-state index is 13.6. The van der Waals surface area contributed by atoms with Crippen molar-refractivity contribution in [3.8, 4) is 0 Å². The quantitative estimate of drug-likeness (QED) is 0.546. The van der Waals surface area contributed by atoms with Gasteiger partial charge in [0.25, 0.3) is 5.91 Å². The fraction of sp³-hybridized carbons (Fsp3) is 0.636. The zero-order chi connectivity index (χ0) is 19.7. The van der Waals surface area contributed by atoms with Gasteiger partial charge in [-0.05, 0) is 80.8 Å². The number of nitrogens with one attached hydrogen (secondary N) is 1. The van der Waals surface area contributed by atoms with Gasteiger partial charge in [-0.1, -0.05) is 12.1 Å². The van der Waals surface area contributed by atoms with E-state index in [0.717, 1.165) is 29.5 Å². The third kappa shape index (κ3) is 4.22. The van der Waals surface area contributed by atoms with Crippen molar-refractivity contribution < 1.29 is 18.7 Å². The van der Waals surface area contributed by atoms with Gasteiger partial charge >= 0.3 is 5.97 Å². The monoisotopic (exact) mass is 405 g/mol. The van der Waals surface area contributed by atoms with Gasteiger partial charge < -0.3 is 10.1 Å².